The molecule has 0 aliphatic carbocycles. The molecule has 1 aromatic carbocycles. The number of hydrogen-bond acceptors (Lipinski definition) is 10. The Hall–Kier alpha value is -4.15. The lowest BCUT2D eigenvalue weighted by atomic mass is 10.1. The number of amidine groups is 2. The van der Waals surface area contributed by atoms with Gasteiger partial charge in [0.1, 0.15) is 23.5 Å². The number of aryl methyl sites for hydroxylation is 1. The number of phenolic OH excluding ortho intramolecular Hbond substituents is 2. The quantitative estimate of drug-likeness (QED) is 0.803. The van der Waals surface area contributed by atoms with E-state index in [1.165, 1.54) is 29.4 Å². The van der Waals surface area contributed by atoms with E-state index in [9.17, 15) is 10.2 Å². The first-order valence-electron chi connectivity index (χ1n) is 7.86. The van der Waals surface area contributed by atoms with Gasteiger partial charge < -0.3 is 10.2 Å². The van der Waals surface area contributed by atoms with Crippen molar-refractivity contribution in [1.82, 2.24) is 14.7 Å². The smallest absolute Gasteiger partial charge is 0.243 e. The normalized spacial score (nSPS) is 17.5. The molecule has 0 saturated carbocycles. The molecule has 5 rings (SSSR count). The molecule has 27 heavy (non-hydrogen) atoms. The summed E-state index contributed by atoms with van der Waals surface area (Å²) in [4.78, 5) is 27.6. The lowest BCUT2D eigenvalue weighted by Crippen LogP contribution is -2.47. The summed E-state index contributed by atoms with van der Waals surface area (Å²) in [6.07, 6.45) is 2.99. The molecule has 2 aromatic rings. The molecule has 3 aliphatic rings. The number of phenols is 2. The second kappa shape index (κ2) is 5.42. The molecule has 0 radical (unpaired) electrons. The Balaban J connectivity index is 1.67. The Morgan fingerprint density at radius 2 is 1.70 bits per heavy atom. The molecule has 0 spiro atoms. The van der Waals surface area contributed by atoms with Gasteiger partial charge in [-0.1, -0.05) is 0 Å². The van der Waals surface area contributed by atoms with Gasteiger partial charge in [-0.2, -0.15) is 25.1 Å². The standard InChI is InChI=1S/C16H11N9O2/c1-24-10(4-5-19-24)13-22-15-18-7-17-14-20-12(21-16(23-13)25(14)15)9-3-2-8(26)6-11(9)27/h2-7,26-27H,1H3. The molecule has 2 N–H and O–H groups in total. The number of benzene rings is 1. The van der Waals surface area contributed by atoms with Crippen LogP contribution >= 0.6 is 0 Å². The second-order valence-electron chi connectivity index (χ2n) is 5.75. The number of rotatable bonds is 2. The monoisotopic (exact) mass is 361 g/mol. The van der Waals surface area contributed by atoms with Crippen LogP contribution in [-0.2, 0) is 7.05 Å². The number of aromatic hydroxyl groups is 2. The van der Waals surface area contributed by atoms with Gasteiger partial charge in [0.25, 0.3) is 0 Å². The molecule has 0 amide bonds. The van der Waals surface area contributed by atoms with Crippen LogP contribution in [-0.4, -0.2) is 60.8 Å². The molecule has 11 nitrogen and oxygen atoms in total. The minimum atomic E-state index is -0.155. The van der Waals surface area contributed by atoms with Gasteiger partial charge in [0.05, 0.1) is 5.56 Å². The molecule has 0 atom stereocenters. The van der Waals surface area contributed by atoms with E-state index >= 15 is 0 Å². The first-order chi connectivity index (χ1) is 13.1. The van der Waals surface area contributed by atoms with Gasteiger partial charge in [-0.05, 0) is 18.2 Å². The van der Waals surface area contributed by atoms with Crippen LogP contribution in [0.4, 0.5) is 0 Å². The van der Waals surface area contributed by atoms with Gasteiger partial charge >= 0.3 is 0 Å². The van der Waals surface area contributed by atoms with Crippen molar-refractivity contribution < 1.29 is 10.2 Å². The largest absolute Gasteiger partial charge is 0.508 e. The van der Waals surface area contributed by atoms with E-state index in [1.54, 1.807) is 24.0 Å². The topological polar surface area (TPSA) is 136 Å². The fourth-order valence-corrected chi connectivity index (χ4v) is 2.76. The molecule has 3 aliphatic heterocycles. The van der Waals surface area contributed by atoms with E-state index in [1.807, 2.05) is 0 Å². The van der Waals surface area contributed by atoms with Gasteiger partial charge in [0.15, 0.2) is 11.7 Å². The van der Waals surface area contributed by atoms with Gasteiger partial charge in [-0.25, -0.2) is 14.9 Å². The maximum Gasteiger partial charge on any atom is 0.243 e. The van der Waals surface area contributed by atoms with Crippen LogP contribution in [0.5, 0.6) is 11.5 Å². The van der Waals surface area contributed by atoms with Crippen LogP contribution in [0, 0.1) is 0 Å². The van der Waals surface area contributed by atoms with E-state index in [4.69, 9.17) is 0 Å². The molecular weight excluding hydrogens is 350 g/mol. The summed E-state index contributed by atoms with van der Waals surface area (Å²) in [6.45, 7) is 0. The maximum atomic E-state index is 10.1. The van der Waals surface area contributed by atoms with Crippen LogP contribution in [0.15, 0.2) is 60.4 Å². The number of nitrogens with zero attached hydrogens (tertiary/aromatic N) is 9. The van der Waals surface area contributed by atoms with E-state index in [0.717, 1.165) is 0 Å². The third-order valence-corrected chi connectivity index (χ3v) is 4.04. The first-order valence-corrected chi connectivity index (χ1v) is 7.86. The van der Waals surface area contributed by atoms with Crippen LogP contribution in [0.1, 0.15) is 11.3 Å². The summed E-state index contributed by atoms with van der Waals surface area (Å²) in [5.41, 5.74) is 1.03. The van der Waals surface area contributed by atoms with Crippen molar-refractivity contribution in [2.45, 2.75) is 0 Å². The Bertz CT molecular complexity index is 1170. The van der Waals surface area contributed by atoms with Crippen molar-refractivity contribution in [2.24, 2.45) is 37.0 Å². The summed E-state index contributed by atoms with van der Waals surface area (Å²) in [5.74, 6) is 1.28. The number of aromatic nitrogens is 2. The SMILES string of the molecule is Cn1nccc1C1=NC2=NC(c3ccc(O)cc3O)=NC3=NC=NC(=N1)N32. The van der Waals surface area contributed by atoms with Crippen LogP contribution < -0.4 is 0 Å². The highest BCUT2D eigenvalue weighted by Crippen LogP contribution is 2.26. The predicted octanol–water partition coefficient (Wildman–Crippen LogP) is 0.464. The lowest BCUT2D eigenvalue weighted by molar-refractivity contribution is 0.450. The molecule has 0 saturated heterocycles. The van der Waals surface area contributed by atoms with Crippen molar-refractivity contribution in [1.29, 1.82) is 0 Å². The first kappa shape index (κ1) is 15.1. The zero-order chi connectivity index (χ0) is 18.5. The van der Waals surface area contributed by atoms with Gasteiger partial charge in [-0.3, -0.25) is 4.68 Å². The second-order valence-corrected chi connectivity index (χ2v) is 5.75. The predicted molar refractivity (Wildman–Crippen MR) is 98.7 cm³/mol. The van der Waals surface area contributed by atoms with Crippen molar-refractivity contribution in [3.8, 4) is 11.5 Å². The highest BCUT2D eigenvalue weighted by atomic mass is 16.3. The molecule has 0 bridgehead atoms. The van der Waals surface area contributed by atoms with Crippen LogP contribution in [0.3, 0.4) is 0 Å². The summed E-state index contributed by atoms with van der Waals surface area (Å²) in [7, 11) is 1.78. The minimum Gasteiger partial charge on any atom is -0.508 e. The Morgan fingerprint density at radius 3 is 2.48 bits per heavy atom. The zero-order valence-corrected chi connectivity index (χ0v) is 13.9. The molecule has 0 unspecified atom stereocenters. The van der Waals surface area contributed by atoms with Crippen molar-refractivity contribution in [2.75, 3.05) is 0 Å². The lowest BCUT2D eigenvalue weighted by Gasteiger charge is -2.29. The molecule has 132 valence electrons. The van der Waals surface area contributed by atoms with Gasteiger partial charge in [-0.15, -0.1) is 0 Å². The summed E-state index contributed by atoms with van der Waals surface area (Å²) in [5, 5.41) is 23.8. The Morgan fingerprint density at radius 1 is 0.889 bits per heavy atom. The van der Waals surface area contributed by atoms with Crippen molar-refractivity contribution in [3.63, 3.8) is 0 Å². The average molecular weight is 361 g/mol. The minimum absolute atomic E-state index is 0.0623. The van der Waals surface area contributed by atoms with Crippen LogP contribution in [0.25, 0.3) is 0 Å². The third-order valence-electron chi connectivity index (χ3n) is 4.04. The highest BCUT2D eigenvalue weighted by Gasteiger charge is 2.34. The van der Waals surface area contributed by atoms with Gasteiger partial charge in [0, 0.05) is 19.3 Å². The van der Waals surface area contributed by atoms with E-state index in [0.29, 0.717) is 23.1 Å². The molecular formula is C16H11N9O2. The Labute approximate surface area is 151 Å². The molecule has 1 aromatic heterocycles. The number of aliphatic imine (C=N–C) groups is 6. The summed E-state index contributed by atoms with van der Waals surface area (Å²) < 4.78 is 1.64. The number of guanidine groups is 3. The fraction of sp³-hybridized carbons (Fsp3) is 0.0625. The van der Waals surface area contributed by atoms with E-state index in [-0.39, 0.29) is 29.3 Å². The van der Waals surface area contributed by atoms with E-state index in [2.05, 4.69) is 35.1 Å². The van der Waals surface area contributed by atoms with Gasteiger partial charge in [0.2, 0.25) is 17.9 Å². The summed E-state index contributed by atoms with van der Waals surface area (Å²) >= 11 is 0. The highest BCUT2D eigenvalue weighted by molar-refractivity contribution is 6.32. The number of hydrogen-bond donors (Lipinski definition) is 2. The van der Waals surface area contributed by atoms with Crippen molar-refractivity contribution >= 4 is 35.9 Å². The zero-order valence-electron chi connectivity index (χ0n) is 13.9. The third kappa shape index (κ3) is 2.33. The summed E-state index contributed by atoms with van der Waals surface area (Å²) in [6, 6.07) is 5.95. The molecule has 4 heterocycles. The van der Waals surface area contributed by atoms with Crippen LogP contribution in [0.2, 0.25) is 0 Å². The Kier molecular flexibility index (Phi) is 3.04. The van der Waals surface area contributed by atoms with Crippen molar-refractivity contribution in [3.05, 3.63) is 41.7 Å². The average Bonchev–Trinajstić information content (AvgIpc) is 3.07. The van der Waals surface area contributed by atoms with E-state index < -0.39 is 0 Å². The molecule has 11 heteroatoms. The fourth-order valence-electron chi connectivity index (χ4n) is 2.76. The maximum absolute atomic E-state index is 10.1. The molecule has 0 fully saturated rings.